The largest absolute Gasteiger partial charge is 0.360 e. The molecule has 0 amide bonds. The molecule has 0 bridgehead atoms. The third kappa shape index (κ3) is 2.58. The standard InChI is InChI=1S/C13H17N3S/c1-2-7-12-11(6-1)16-13(17-12)15-9-10-5-3-4-8-14-10/h1-2,6-7,10,14H,3-5,8-9H2,(H,15,16)/t10-/m0/s1. The van der Waals surface area contributed by atoms with E-state index in [0.717, 1.165) is 23.7 Å². The quantitative estimate of drug-likeness (QED) is 0.875. The first kappa shape index (κ1) is 11.0. The topological polar surface area (TPSA) is 37.0 Å². The van der Waals surface area contributed by atoms with Crippen molar-refractivity contribution in [2.45, 2.75) is 25.3 Å². The van der Waals surface area contributed by atoms with Gasteiger partial charge in [0.2, 0.25) is 0 Å². The lowest BCUT2D eigenvalue weighted by atomic mass is 10.1. The van der Waals surface area contributed by atoms with Crippen LogP contribution in [0.15, 0.2) is 24.3 Å². The van der Waals surface area contributed by atoms with Crippen molar-refractivity contribution in [1.82, 2.24) is 10.3 Å². The van der Waals surface area contributed by atoms with E-state index in [9.17, 15) is 0 Å². The summed E-state index contributed by atoms with van der Waals surface area (Å²) < 4.78 is 1.26. The molecular weight excluding hydrogens is 230 g/mol. The van der Waals surface area contributed by atoms with E-state index in [4.69, 9.17) is 0 Å². The number of hydrogen-bond acceptors (Lipinski definition) is 4. The van der Waals surface area contributed by atoms with E-state index in [-0.39, 0.29) is 0 Å². The number of rotatable bonds is 3. The molecule has 1 aromatic heterocycles. The van der Waals surface area contributed by atoms with Crippen LogP contribution in [-0.2, 0) is 0 Å². The van der Waals surface area contributed by atoms with Crippen molar-refractivity contribution in [3.63, 3.8) is 0 Å². The van der Waals surface area contributed by atoms with Gasteiger partial charge in [-0.15, -0.1) is 0 Å². The molecule has 0 radical (unpaired) electrons. The van der Waals surface area contributed by atoms with E-state index in [0.29, 0.717) is 6.04 Å². The van der Waals surface area contributed by atoms with Crippen LogP contribution in [0.3, 0.4) is 0 Å². The Balaban J connectivity index is 1.64. The fraction of sp³-hybridized carbons (Fsp3) is 0.462. The van der Waals surface area contributed by atoms with Crippen LogP contribution >= 0.6 is 11.3 Å². The van der Waals surface area contributed by atoms with Gasteiger partial charge in [-0.2, -0.15) is 0 Å². The Bertz CT molecular complexity index is 455. The van der Waals surface area contributed by atoms with Crippen LogP contribution in [0.5, 0.6) is 0 Å². The molecule has 2 aromatic rings. The summed E-state index contributed by atoms with van der Waals surface area (Å²) in [5, 5.41) is 8.03. The van der Waals surface area contributed by atoms with E-state index in [1.807, 2.05) is 6.07 Å². The first-order valence-electron chi connectivity index (χ1n) is 6.25. The number of nitrogens with zero attached hydrogens (tertiary/aromatic N) is 1. The number of para-hydroxylation sites is 1. The second kappa shape index (κ2) is 5.02. The van der Waals surface area contributed by atoms with Gasteiger partial charge in [0.05, 0.1) is 10.2 Å². The molecule has 0 spiro atoms. The minimum atomic E-state index is 0.607. The van der Waals surface area contributed by atoms with Gasteiger partial charge in [0.15, 0.2) is 5.13 Å². The normalized spacial score (nSPS) is 20.6. The Kier molecular flexibility index (Phi) is 3.25. The maximum atomic E-state index is 4.58. The number of anilines is 1. The smallest absolute Gasteiger partial charge is 0.183 e. The fourth-order valence-corrected chi connectivity index (χ4v) is 3.13. The Morgan fingerprint density at radius 2 is 2.29 bits per heavy atom. The molecule has 0 unspecified atom stereocenters. The van der Waals surface area contributed by atoms with E-state index in [1.54, 1.807) is 11.3 Å². The zero-order chi connectivity index (χ0) is 11.5. The fourth-order valence-electron chi connectivity index (χ4n) is 2.26. The molecule has 1 aliphatic heterocycles. The molecule has 1 aliphatic rings. The first-order valence-corrected chi connectivity index (χ1v) is 7.06. The highest BCUT2D eigenvalue weighted by atomic mass is 32.1. The summed E-state index contributed by atoms with van der Waals surface area (Å²) in [6.07, 6.45) is 3.94. The molecule has 0 saturated carbocycles. The van der Waals surface area contributed by atoms with Crippen molar-refractivity contribution in [3.8, 4) is 0 Å². The minimum absolute atomic E-state index is 0.607. The molecule has 3 nitrogen and oxygen atoms in total. The van der Waals surface area contributed by atoms with Gasteiger partial charge in [-0.1, -0.05) is 29.9 Å². The minimum Gasteiger partial charge on any atom is -0.360 e. The number of aromatic nitrogens is 1. The Hall–Kier alpha value is -1.13. The predicted molar refractivity (Wildman–Crippen MR) is 73.8 cm³/mol. The summed E-state index contributed by atoms with van der Waals surface area (Å²) in [7, 11) is 0. The zero-order valence-corrected chi connectivity index (χ0v) is 10.6. The average Bonchev–Trinajstić information content (AvgIpc) is 2.80. The average molecular weight is 247 g/mol. The van der Waals surface area contributed by atoms with Gasteiger partial charge in [0.25, 0.3) is 0 Å². The van der Waals surface area contributed by atoms with Gasteiger partial charge in [-0.25, -0.2) is 4.98 Å². The molecule has 2 N–H and O–H groups in total. The lowest BCUT2D eigenvalue weighted by Crippen LogP contribution is -2.39. The highest BCUT2D eigenvalue weighted by Crippen LogP contribution is 2.25. The maximum Gasteiger partial charge on any atom is 0.183 e. The number of piperidine rings is 1. The van der Waals surface area contributed by atoms with Crippen LogP contribution in [0.25, 0.3) is 10.2 Å². The highest BCUT2D eigenvalue weighted by Gasteiger charge is 2.12. The van der Waals surface area contributed by atoms with E-state index in [2.05, 4.69) is 33.8 Å². The second-order valence-corrected chi connectivity index (χ2v) is 5.55. The molecule has 90 valence electrons. The van der Waals surface area contributed by atoms with E-state index >= 15 is 0 Å². The highest BCUT2D eigenvalue weighted by molar-refractivity contribution is 7.22. The van der Waals surface area contributed by atoms with Crippen molar-refractivity contribution in [2.75, 3.05) is 18.4 Å². The van der Waals surface area contributed by atoms with Crippen LogP contribution in [0.2, 0.25) is 0 Å². The van der Waals surface area contributed by atoms with Gasteiger partial charge >= 0.3 is 0 Å². The van der Waals surface area contributed by atoms with Crippen LogP contribution in [0, 0.1) is 0 Å². The SMILES string of the molecule is c1ccc2sc(NC[C@@H]3CCCCN3)nc2c1. The van der Waals surface area contributed by atoms with E-state index in [1.165, 1.54) is 24.0 Å². The Morgan fingerprint density at radius 1 is 1.35 bits per heavy atom. The van der Waals surface area contributed by atoms with Crippen molar-refractivity contribution in [1.29, 1.82) is 0 Å². The lowest BCUT2D eigenvalue weighted by Gasteiger charge is -2.23. The van der Waals surface area contributed by atoms with Crippen molar-refractivity contribution >= 4 is 26.7 Å². The van der Waals surface area contributed by atoms with Gasteiger partial charge in [0.1, 0.15) is 0 Å². The number of hydrogen-bond donors (Lipinski definition) is 2. The number of benzene rings is 1. The van der Waals surface area contributed by atoms with Crippen LogP contribution in [-0.4, -0.2) is 24.1 Å². The van der Waals surface area contributed by atoms with Gasteiger partial charge in [-0.05, 0) is 31.5 Å². The van der Waals surface area contributed by atoms with Crippen molar-refractivity contribution in [2.24, 2.45) is 0 Å². The van der Waals surface area contributed by atoms with Crippen molar-refractivity contribution in [3.05, 3.63) is 24.3 Å². The molecular formula is C13H17N3S. The third-order valence-electron chi connectivity index (χ3n) is 3.21. The Morgan fingerprint density at radius 3 is 3.12 bits per heavy atom. The summed E-state index contributed by atoms with van der Waals surface area (Å²) in [5.41, 5.74) is 1.09. The molecule has 1 saturated heterocycles. The van der Waals surface area contributed by atoms with Crippen LogP contribution in [0.1, 0.15) is 19.3 Å². The Labute approximate surface area is 105 Å². The summed E-state index contributed by atoms with van der Waals surface area (Å²) >= 11 is 1.74. The van der Waals surface area contributed by atoms with Crippen LogP contribution in [0.4, 0.5) is 5.13 Å². The molecule has 1 aromatic carbocycles. The molecule has 0 aliphatic carbocycles. The monoisotopic (exact) mass is 247 g/mol. The first-order chi connectivity index (χ1) is 8.42. The number of fused-ring (bicyclic) bond motifs is 1. The summed E-state index contributed by atoms with van der Waals surface area (Å²) in [5.74, 6) is 0. The lowest BCUT2D eigenvalue weighted by molar-refractivity contribution is 0.414. The molecule has 2 heterocycles. The van der Waals surface area contributed by atoms with Crippen LogP contribution < -0.4 is 10.6 Å². The van der Waals surface area contributed by atoms with Gasteiger partial charge < -0.3 is 10.6 Å². The molecule has 17 heavy (non-hydrogen) atoms. The molecule has 1 fully saturated rings. The summed E-state index contributed by atoms with van der Waals surface area (Å²) in [4.78, 5) is 4.58. The van der Waals surface area contributed by atoms with Crippen molar-refractivity contribution < 1.29 is 0 Å². The predicted octanol–water partition coefficient (Wildman–Crippen LogP) is 2.85. The number of thiazole rings is 1. The maximum absolute atomic E-state index is 4.58. The molecule has 3 rings (SSSR count). The third-order valence-corrected chi connectivity index (χ3v) is 4.20. The van der Waals surface area contributed by atoms with Gasteiger partial charge in [-0.3, -0.25) is 0 Å². The summed E-state index contributed by atoms with van der Waals surface area (Å²) in [6.45, 7) is 2.14. The molecule has 1 atom stereocenters. The second-order valence-electron chi connectivity index (χ2n) is 4.51. The van der Waals surface area contributed by atoms with Gasteiger partial charge in [0, 0.05) is 12.6 Å². The number of nitrogens with one attached hydrogen (secondary N) is 2. The molecule has 4 heteroatoms. The summed E-state index contributed by atoms with van der Waals surface area (Å²) in [6, 6.07) is 8.89. The van der Waals surface area contributed by atoms with E-state index < -0.39 is 0 Å². The zero-order valence-electron chi connectivity index (χ0n) is 9.78.